The highest BCUT2D eigenvalue weighted by Gasteiger charge is 2.25. The van der Waals surface area contributed by atoms with Crippen molar-refractivity contribution < 1.29 is 9.53 Å². The Morgan fingerprint density at radius 1 is 1.39 bits per heavy atom. The summed E-state index contributed by atoms with van der Waals surface area (Å²) in [5, 5.41) is 16.3. The summed E-state index contributed by atoms with van der Waals surface area (Å²) < 4.78 is 5.62. The number of nitrogens with one attached hydrogen (secondary N) is 2. The minimum atomic E-state index is -0.236. The Balaban J connectivity index is 1.62. The molecule has 0 aromatic rings. The zero-order chi connectivity index (χ0) is 22.1. The molecule has 1 amide bonds. The van der Waals surface area contributed by atoms with E-state index in [4.69, 9.17) is 4.74 Å². The van der Waals surface area contributed by atoms with E-state index in [0.29, 0.717) is 29.9 Å². The van der Waals surface area contributed by atoms with Gasteiger partial charge in [0.2, 0.25) is 17.7 Å². The molecule has 1 saturated heterocycles. The lowest BCUT2D eigenvalue weighted by molar-refractivity contribution is -0.130. The van der Waals surface area contributed by atoms with Gasteiger partial charge in [-0.1, -0.05) is 18.2 Å². The van der Waals surface area contributed by atoms with Crippen LogP contribution in [0.4, 0.5) is 0 Å². The molecule has 8 heteroatoms. The zero-order valence-electron chi connectivity index (χ0n) is 18.2. The van der Waals surface area contributed by atoms with Crippen molar-refractivity contribution in [2.45, 2.75) is 45.6 Å². The number of allylic oxidation sites excluding steroid dienone is 4. The van der Waals surface area contributed by atoms with Crippen LogP contribution in [0.2, 0.25) is 0 Å². The summed E-state index contributed by atoms with van der Waals surface area (Å²) in [7, 11) is 0. The van der Waals surface area contributed by atoms with Gasteiger partial charge in [0.05, 0.1) is 11.7 Å². The number of hydrogen-bond acceptors (Lipinski definition) is 5. The fourth-order valence-corrected chi connectivity index (χ4v) is 3.69. The molecule has 0 saturated carbocycles. The molecule has 3 aliphatic rings. The van der Waals surface area contributed by atoms with E-state index < -0.39 is 0 Å². The third kappa shape index (κ3) is 6.32. The molecular weight excluding hydrogens is 392 g/mol. The van der Waals surface area contributed by atoms with Crippen LogP contribution in [0, 0.1) is 17.2 Å². The molecule has 0 bridgehead atoms. The van der Waals surface area contributed by atoms with E-state index in [1.165, 1.54) is 0 Å². The van der Waals surface area contributed by atoms with Gasteiger partial charge in [0.1, 0.15) is 17.9 Å². The second-order valence-electron chi connectivity index (χ2n) is 7.76. The average Bonchev–Trinajstić information content (AvgIpc) is 3.11. The highest BCUT2D eigenvalue weighted by atomic mass is 16.5. The Hall–Kier alpha value is -3.34. The van der Waals surface area contributed by atoms with E-state index in [9.17, 15) is 10.1 Å². The number of nitriles is 1. The minimum absolute atomic E-state index is 0.136. The van der Waals surface area contributed by atoms with Crippen LogP contribution in [0.25, 0.3) is 0 Å². The Labute approximate surface area is 183 Å². The number of aliphatic imine (C=N–C) groups is 2. The molecule has 31 heavy (non-hydrogen) atoms. The third-order valence-corrected chi connectivity index (χ3v) is 5.51. The van der Waals surface area contributed by atoms with Gasteiger partial charge in [-0.3, -0.25) is 9.79 Å². The number of hydrogen-bond donors (Lipinski definition) is 2. The molecule has 3 aliphatic heterocycles. The summed E-state index contributed by atoms with van der Waals surface area (Å²) in [6.07, 6.45) is 14.5. The second-order valence-corrected chi connectivity index (χ2v) is 7.76. The first-order valence-corrected chi connectivity index (χ1v) is 10.8. The predicted molar refractivity (Wildman–Crippen MR) is 121 cm³/mol. The molecule has 3 rings (SSSR count). The molecule has 0 spiro atoms. The van der Waals surface area contributed by atoms with Gasteiger partial charge in [-0.05, 0) is 44.6 Å². The number of guanidine groups is 1. The first-order valence-electron chi connectivity index (χ1n) is 10.8. The SMILES string of the molecule is C/C=C\C=C/C1=CO/C(=C(/C#N)C2CCC=NC(=NCC3CCN(C(C)=O)CC3)N2)N1. The van der Waals surface area contributed by atoms with Crippen molar-refractivity contribution in [1.29, 1.82) is 5.26 Å². The van der Waals surface area contributed by atoms with E-state index in [1.54, 1.807) is 13.2 Å². The highest BCUT2D eigenvalue weighted by molar-refractivity contribution is 5.89. The number of nitrogens with zero attached hydrogens (tertiary/aromatic N) is 4. The van der Waals surface area contributed by atoms with Crippen LogP contribution in [0.1, 0.15) is 39.5 Å². The largest absolute Gasteiger partial charge is 0.445 e. The maximum absolute atomic E-state index is 11.5. The van der Waals surface area contributed by atoms with Crippen LogP contribution >= 0.6 is 0 Å². The number of carbonyl (C=O) groups is 1. The van der Waals surface area contributed by atoms with Crippen LogP contribution in [0.5, 0.6) is 0 Å². The van der Waals surface area contributed by atoms with E-state index in [2.05, 4.69) is 26.7 Å². The van der Waals surface area contributed by atoms with Crippen LogP contribution < -0.4 is 10.6 Å². The highest BCUT2D eigenvalue weighted by Crippen LogP contribution is 2.21. The quantitative estimate of drug-likeness (QED) is 0.524. The second kappa shape index (κ2) is 11.2. The maximum atomic E-state index is 11.5. The number of carbonyl (C=O) groups excluding carboxylic acids is 1. The van der Waals surface area contributed by atoms with Crippen LogP contribution in [0.3, 0.4) is 0 Å². The smallest absolute Gasteiger partial charge is 0.219 e. The molecule has 2 N–H and O–H groups in total. The van der Waals surface area contributed by atoms with E-state index >= 15 is 0 Å². The van der Waals surface area contributed by atoms with Gasteiger partial charge in [0.15, 0.2) is 0 Å². The molecule has 164 valence electrons. The predicted octanol–water partition coefficient (Wildman–Crippen LogP) is 2.75. The number of amides is 1. The average molecular weight is 423 g/mol. The molecule has 0 aromatic carbocycles. The summed E-state index contributed by atoms with van der Waals surface area (Å²) in [6, 6.07) is 2.05. The van der Waals surface area contributed by atoms with Crippen LogP contribution in [-0.2, 0) is 9.53 Å². The van der Waals surface area contributed by atoms with Gasteiger partial charge in [-0.2, -0.15) is 5.26 Å². The molecule has 0 aromatic heterocycles. The summed E-state index contributed by atoms with van der Waals surface area (Å²) in [5.74, 6) is 1.56. The monoisotopic (exact) mass is 422 g/mol. The van der Waals surface area contributed by atoms with E-state index in [-0.39, 0.29) is 11.9 Å². The summed E-state index contributed by atoms with van der Waals surface area (Å²) in [4.78, 5) is 22.5. The minimum Gasteiger partial charge on any atom is -0.445 e. The lowest BCUT2D eigenvalue weighted by Crippen LogP contribution is -2.38. The summed E-state index contributed by atoms with van der Waals surface area (Å²) in [6.45, 7) is 5.80. The van der Waals surface area contributed by atoms with Crippen LogP contribution in [-0.4, -0.2) is 48.7 Å². The van der Waals surface area contributed by atoms with Crippen molar-refractivity contribution in [2.75, 3.05) is 19.6 Å². The Morgan fingerprint density at radius 2 is 2.19 bits per heavy atom. The topological polar surface area (TPSA) is 102 Å². The van der Waals surface area contributed by atoms with Gasteiger partial charge in [-0.25, -0.2) is 4.99 Å². The number of rotatable bonds is 5. The van der Waals surface area contributed by atoms with Crippen molar-refractivity contribution in [3.8, 4) is 6.07 Å². The summed E-state index contributed by atoms with van der Waals surface area (Å²) in [5.41, 5.74) is 1.29. The van der Waals surface area contributed by atoms with Crippen molar-refractivity contribution in [3.05, 3.63) is 47.7 Å². The zero-order valence-corrected chi connectivity index (χ0v) is 18.2. The van der Waals surface area contributed by atoms with Crippen molar-refractivity contribution in [1.82, 2.24) is 15.5 Å². The molecule has 1 unspecified atom stereocenters. The summed E-state index contributed by atoms with van der Waals surface area (Å²) >= 11 is 0. The van der Waals surface area contributed by atoms with Gasteiger partial charge in [-0.15, -0.1) is 0 Å². The molecule has 0 aliphatic carbocycles. The van der Waals surface area contributed by atoms with Crippen molar-refractivity contribution in [2.24, 2.45) is 15.9 Å². The lowest BCUT2D eigenvalue weighted by Gasteiger charge is -2.30. The van der Waals surface area contributed by atoms with Gasteiger partial charge in [0, 0.05) is 32.8 Å². The van der Waals surface area contributed by atoms with Crippen molar-refractivity contribution in [3.63, 3.8) is 0 Å². The fourth-order valence-electron chi connectivity index (χ4n) is 3.69. The Morgan fingerprint density at radius 3 is 2.90 bits per heavy atom. The standard InChI is InChI=1S/C23H30N6O2/c1-3-4-5-7-19-16-31-22(27-19)20(14-24)21-8-6-11-25-23(28-21)26-15-18-9-12-29(13-10-18)17(2)30/h3-5,7,11,16,18,21,27H,6,8-10,12-13,15H2,1-2H3,(H,26,28)/b4-3-,7-5-,22-20-. The first-order chi connectivity index (χ1) is 15.1. The maximum Gasteiger partial charge on any atom is 0.219 e. The molecule has 1 fully saturated rings. The van der Waals surface area contributed by atoms with Gasteiger partial charge >= 0.3 is 0 Å². The Bertz CT molecular complexity index is 882. The van der Waals surface area contributed by atoms with E-state index in [1.807, 2.05) is 42.3 Å². The molecule has 1 atom stereocenters. The van der Waals surface area contributed by atoms with Gasteiger partial charge in [0.25, 0.3) is 0 Å². The molecule has 3 heterocycles. The molecular formula is C23H30N6O2. The lowest BCUT2D eigenvalue weighted by atomic mass is 9.97. The van der Waals surface area contributed by atoms with Gasteiger partial charge < -0.3 is 20.3 Å². The first kappa shape index (κ1) is 22.3. The third-order valence-electron chi connectivity index (χ3n) is 5.51. The molecule has 0 radical (unpaired) electrons. The molecule has 8 nitrogen and oxygen atoms in total. The number of ether oxygens (including phenoxy) is 1. The van der Waals surface area contributed by atoms with E-state index in [0.717, 1.165) is 44.5 Å². The fraction of sp³-hybridized carbons (Fsp3) is 0.478. The normalized spacial score (nSPS) is 25.1. The number of piperidine rings is 1. The Kier molecular flexibility index (Phi) is 8.05. The van der Waals surface area contributed by atoms with Crippen LogP contribution in [0.15, 0.2) is 57.7 Å². The van der Waals surface area contributed by atoms with Crippen molar-refractivity contribution >= 4 is 18.1 Å². The number of likely N-dealkylation sites (tertiary alicyclic amines) is 1.